The van der Waals surface area contributed by atoms with Crippen molar-refractivity contribution in [3.8, 4) is 6.07 Å². The second kappa shape index (κ2) is 6.94. The predicted molar refractivity (Wildman–Crippen MR) is 63.8 cm³/mol. The van der Waals surface area contributed by atoms with Crippen LogP contribution in [0, 0.1) is 11.3 Å². The molecule has 1 aromatic heterocycles. The van der Waals surface area contributed by atoms with Crippen LogP contribution < -0.4 is 5.32 Å². The van der Waals surface area contributed by atoms with Crippen molar-refractivity contribution in [1.82, 2.24) is 15.2 Å². The molecule has 1 heterocycles. The minimum absolute atomic E-state index is 0.487. The third kappa shape index (κ3) is 4.39. The van der Waals surface area contributed by atoms with Gasteiger partial charge in [-0.15, -0.1) is 0 Å². The van der Waals surface area contributed by atoms with Gasteiger partial charge in [-0.1, -0.05) is 0 Å². The molecule has 16 heavy (non-hydrogen) atoms. The summed E-state index contributed by atoms with van der Waals surface area (Å²) in [6, 6.07) is 5.85. The zero-order chi connectivity index (χ0) is 11.8. The van der Waals surface area contributed by atoms with E-state index in [0.717, 1.165) is 31.6 Å². The van der Waals surface area contributed by atoms with E-state index in [-0.39, 0.29) is 0 Å². The second-order valence-electron chi connectivity index (χ2n) is 3.86. The van der Waals surface area contributed by atoms with Crippen LogP contribution in [0.15, 0.2) is 18.3 Å². The molecule has 1 N–H and O–H groups in total. The maximum absolute atomic E-state index is 8.74. The van der Waals surface area contributed by atoms with Gasteiger partial charge in [0.1, 0.15) is 11.8 Å². The van der Waals surface area contributed by atoms with E-state index in [1.807, 2.05) is 19.2 Å². The number of hydrogen-bond acceptors (Lipinski definition) is 4. The first kappa shape index (κ1) is 12.6. The molecule has 0 saturated heterocycles. The maximum atomic E-state index is 8.74. The minimum atomic E-state index is 0.487. The monoisotopic (exact) mass is 218 g/mol. The molecule has 0 saturated carbocycles. The molecule has 0 spiro atoms. The van der Waals surface area contributed by atoms with Gasteiger partial charge in [-0.3, -0.25) is 0 Å². The van der Waals surface area contributed by atoms with E-state index >= 15 is 0 Å². The first-order chi connectivity index (χ1) is 7.76. The van der Waals surface area contributed by atoms with Crippen molar-refractivity contribution >= 4 is 0 Å². The van der Waals surface area contributed by atoms with Crippen LogP contribution in [0.5, 0.6) is 0 Å². The van der Waals surface area contributed by atoms with Crippen LogP contribution in [0.3, 0.4) is 0 Å². The van der Waals surface area contributed by atoms with E-state index in [4.69, 9.17) is 5.26 Å². The van der Waals surface area contributed by atoms with Crippen molar-refractivity contribution in [2.24, 2.45) is 0 Å². The molecule has 0 aromatic carbocycles. The molecule has 0 amide bonds. The average Bonchev–Trinajstić information content (AvgIpc) is 2.29. The quantitative estimate of drug-likeness (QED) is 0.724. The van der Waals surface area contributed by atoms with Crippen LogP contribution in [0.4, 0.5) is 0 Å². The van der Waals surface area contributed by atoms with Gasteiger partial charge < -0.3 is 10.2 Å². The van der Waals surface area contributed by atoms with Gasteiger partial charge in [0, 0.05) is 12.7 Å². The lowest BCUT2D eigenvalue weighted by atomic mass is 10.2. The molecule has 0 aliphatic heterocycles. The fourth-order valence-electron chi connectivity index (χ4n) is 1.55. The lowest BCUT2D eigenvalue weighted by Gasteiger charge is -2.16. The van der Waals surface area contributed by atoms with Gasteiger partial charge in [0.05, 0.1) is 0 Å². The summed E-state index contributed by atoms with van der Waals surface area (Å²) < 4.78 is 0. The molecular formula is C12H18N4. The Morgan fingerprint density at radius 3 is 3.06 bits per heavy atom. The van der Waals surface area contributed by atoms with Crippen molar-refractivity contribution in [2.45, 2.75) is 13.0 Å². The van der Waals surface area contributed by atoms with Gasteiger partial charge >= 0.3 is 0 Å². The van der Waals surface area contributed by atoms with Gasteiger partial charge in [0.15, 0.2) is 0 Å². The molecule has 0 unspecified atom stereocenters. The molecule has 86 valence electrons. The first-order valence-corrected chi connectivity index (χ1v) is 5.44. The normalized spacial score (nSPS) is 10.4. The fourth-order valence-corrected chi connectivity index (χ4v) is 1.55. The molecule has 4 nitrogen and oxygen atoms in total. The highest BCUT2D eigenvalue weighted by atomic mass is 15.1. The van der Waals surface area contributed by atoms with E-state index in [9.17, 15) is 0 Å². The SMILES string of the molecule is CNCCCN(C)Cc1ccnc(C#N)c1. The summed E-state index contributed by atoms with van der Waals surface area (Å²) in [6.45, 7) is 2.94. The molecule has 1 rings (SSSR count). The van der Waals surface area contributed by atoms with Crippen LogP contribution >= 0.6 is 0 Å². The average molecular weight is 218 g/mol. The van der Waals surface area contributed by atoms with Crippen LogP contribution in [0.2, 0.25) is 0 Å². The summed E-state index contributed by atoms with van der Waals surface area (Å²) in [5, 5.41) is 11.9. The highest BCUT2D eigenvalue weighted by Crippen LogP contribution is 2.04. The number of nitrogens with one attached hydrogen (secondary N) is 1. The zero-order valence-corrected chi connectivity index (χ0v) is 9.90. The first-order valence-electron chi connectivity index (χ1n) is 5.44. The Balaban J connectivity index is 2.43. The third-order valence-corrected chi connectivity index (χ3v) is 2.36. The van der Waals surface area contributed by atoms with Crippen LogP contribution in [-0.4, -0.2) is 37.1 Å². The van der Waals surface area contributed by atoms with Crippen LogP contribution in [0.1, 0.15) is 17.7 Å². The molecule has 0 aliphatic carbocycles. The number of hydrogen-bond donors (Lipinski definition) is 1. The molecule has 1 aromatic rings. The summed E-state index contributed by atoms with van der Waals surface area (Å²) in [5.74, 6) is 0. The van der Waals surface area contributed by atoms with Gasteiger partial charge in [-0.05, 0) is 51.3 Å². The summed E-state index contributed by atoms with van der Waals surface area (Å²) >= 11 is 0. The smallest absolute Gasteiger partial charge is 0.140 e. The Bertz CT molecular complexity index is 356. The Morgan fingerprint density at radius 1 is 1.56 bits per heavy atom. The van der Waals surface area contributed by atoms with Crippen molar-refractivity contribution in [1.29, 1.82) is 5.26 Å². The van der Waals surface area contributed by atoms with E-state index in [1.165, 1.54) is 0 Å². The van der Waals surface area contributed by atoms with Gasteiger partial charge in [-0.2, -0.15) is 5.26 Å². The maximum Gasteiger partial charge on any atom is 0.140 e. The summed E-state index contributed by atoms with van der Waals surface area (Å²) in [4.78, 5) is 6.19. The Morgan fingerprint density at radius 2 is 2.38 bits per heavy atom. The molecule has 0 fully saturated rings. The van der Waals surface area contributed by atoms with Crippen molar-refractivity contribution in [2.75, 3.05) is 27.2 Å². The predicted octanol–water partition coefficient (Wildman–Crippen LogP) is 0.995. The third-order valence-electron chi connectivity index (χ3n) is 2.36. The highest BCUT2D eigenvalue weighted by Gasteiger charge is 2.01. The number of aromatic nitrogens is 1. The van der Waals surface area contributed by atoms with Crippen LogP contribution in [-0.2, 0) is 6.54 Å². The van der Waals surface area contributed by atoms with E-state index < -0.39 is 0 Å². The summed E-state index contributed by atoms with van der Waals surface area (Å²) in [6.07, 6.45) is 2.82. The van der Waals surface area contributed by atoms with E-state index in [0.29, 0.717) is 5.69 Å². The summed E-state index contributed by atoms with van der Waals surface area (Å²) in [7, 11) is 4.05. The zero-order valence-electron chi connectivity index (χ0n) is 9.90. The Hall–Kier alpha value is -1.44. The van der Waals surface area contributed by atoms with Gasteiger partial charge in [-0.25, -0.2) is 4.98 Å². The molecular weight excluding hydrogens is 200 g/mol. The molecule has 0 aliphatic rings. The Kier molecular flexibility index (Phi) is 5.48. The highest BCUT2D eigenvalue weighted by molar-refractivity contribution is 5.25. The van der Waals surface area contributed by atoms with Gasteiger partial charge in [0.2, 0.25) is 0 Å². The number of pyridine rings is 1. The largest absolute Gasteiger partial charge is 0.320 e. The van der Waals surface area contributed by atoms with Crippen molar-refractivity contribution in [3.63, 3.8) is 0 Å². The molecule has 4 heteroatoms. The Labute approximate surface area is 96.9 Å². The topological polar surface area (TPSA) is 52.0 Å². The lowest BCUT2D eigenvalue weighted by molar-refractivity contribution is 0.321. The van der Waals surface area contributed by atoms with Crippen molar-refractivity contribution < 1.29 is 0 Å². The molecule has 0 radical (unpaired) electrons. The number of nitriles is 1. The second-order valence-corrected chi connectivity index (χ2v) is 3.86. The number of nitrogens with zero attached hydrogens (tertiary/aromatic N) is 3. The fraction of sp³-hybridized carbons (Fsp3) is 0.500. The number of rotatable bonds is 6. The van der Waals surface area contributed by atoms with Crippen LogP contribution in [0.25, 0.3) is 0 Å². The van der Waals surface area contributed by atoms with Crippen molar-refractivity contribution in [3.05, 3.63) is 29.6 Å². The summed E-state index contributed by atoms with van der Waals surface area (Å²) in [5.41, 5.74) is 1.62. The molecule has 0 bridgehead atoms. The lowest BCUT2D eigenvalue weighted by Crippen LogP contribution is -2.22. The van der Waals surface area contributed by atoms with E-state index in [2.05, 4.69) is 28.3 Å². The molecule has 0 atom stereocenters. The minimum Gasteiger partial charge on any atom is -0.320 e. The van der Waals surface area contributed by atoms with E-state index in [1.54, 1.807) is 6.20 Å². The standard InChI is InChI=1S/C12H18N4/c1-14-5-3-7-16(2)10-11-4-6-15-12(8-11)9-13/h4,6,8,14H,3,5,7,10H2,1-2H3. The van der Waals surface area contributed by atoms with Gasteiger partial charge in [0.25, 0.3) is 0 Å².